The van der Waals surface area contributed by atoms with E-state index in [-0.39, 0.29) is 42.1 Å². The Balaban J connectivity index is 1.41. The molecule has 29 heavy (non-hydrogen) atoms. The van der Waals surface area contributed by atoms with Gasteiger partial charge >= 0.3 is 0 Å². The SMILES string of the molecule is O=C(NCc1ccc2c(c1)OCO2)c1ccc(S(=O)(=O)C2CCS(=O)(=O)C2)cc1. The van der Waals surface area contributed by atoms with Gasteiger partial charge in [0.05, 0.1) is 21.7 Å². The van der Waals surface area contributed by atoms with Crippen molar-refractivity contribution in [3.63, 3.8) is 0 Å². The normalized spacial score (nSPS) is 19.8. The van der Waals surface area contributed by atoms with E-state index in [1.54, 1.807) is 12.1 Å². The third-order valence-corrected chi connectivity index (χ3v) is 9.15. The molecule has 0 spiro atoms. The van der Waals surface area contributed by atoms with E-state index in [9.17, 15) is 21.6 Å². The maximum Gasteiger partial charge on any atom is 0.251 e. The molecule has 8 nitrogen and oxygen atoms in total. The number of sulfone groups is 2. The first kappa shape index (κ1) is 19.7. The van der Waals surface area contributed by atoms with Crippen LogP contribution in [0.1, 0.15) is 22.3 Å². The number of amides is 1. The maximum absolute atomic E-state index is 12.6. The highest BCUT2D eigenvalue weighted by Gasteiger charge is 2.38. The van der Waals surface area contributed by atoms with Gasteiger partial charge in [0.25, 0.3) is 5.91 Å². The van der Waals surface area contributed by atoms with Gasteiger partial charge in [-0.1, -0.05) is 6.07 Å². The predicted molar refractivity (Wildman–Crippen MR) is 104 cm³/mol. The molecule has 1 fully saturated rings. The number of nitrogens with one attached hydrogen (secondary N) is 1. The van der Waals surface area contributed by atoms with Gasteiger partial charge < -0.3 is 14.8 Å². The van der Waals surface area contributed by atoms with Gasteiger partial charge in [0.1, 0.15) is 0 Å². The number of rotatable bonds is 5. The summed E-state index contributed by atoms with van der Waals surface area (Å²) in [5.41, 5.74) is 1.15. The van der Waals surface area contributed by atoms with Crippen molar-refractivity contribution in [1.29, 1.82) is 0 Å². The molecule has 1 unspecified atom stereocenters. The summed E-state index contributed by atoms with van der Waals surface area (Å²) in [6.07, 6.45) is 0.0996. The Kier molecular flexibility index (Phi) is 4.99. The molecule has 2 heterocycles. The summed E-state index contributed by atoms with van der Waals surface area (Å²) in [6, 6.07) is 10.9. The Bertz CT molecular complexity index is 1160. The fraction of sp³-hybridized carbons (Fsp3) is 0.316. The van der Waals surface area contributed by atoms with Gasteiger partial charge in [0.2, 0.25) is 6.79 Å². The Morgan fingerprint density at radius 1 is 1.07 bits per heavy atom. The van der Waals surface area contributed by atoms with Crippen molar-refractivity contribution in [2.45, 2.75) is 23.1 Å². The lowest BCUT2D eigenvalue weighted by Crippen LogP contribution is -2.24. The zero-order valence-electron chi connectivity index (χ0n) is 15.3. The van der Waals surface area contributed by atoms with Crippen LogP contribution in [0.5, 0.6) is 11.5 Å². The van der Waals surface area contributed by atoms with Crippen LogP contribution in [0.25, 0.3) is 0 Å². The summed E-state index contributed by atoms with van der Waals surface area (Å²) in [5, 5.41) is 1.83. The number of fused-ring (bicyclic) bond motifs is 1. The third kappa shape index (κ3) is 4.08. The standard InChI is InChI=1S/C19H19NO7S2/c21-19(20-10-13-1-6-17-18(9-13)27-12-26-17)14-2-4-15(5-3-14)29(24,25)16-7-8-28(22,23)11-16/h1-6,9,16H,7-8,10-12H2,(H,20,21). The van der Waals surface area contributed by atoms with Gasteiger partial charge in [0, 0.05) is 12.1 Å². The van der Waals surface area contributed by atoms with Crippen molar-refractivity contribution in [1.82, 2.24) is 5.32 Å². The van der Waals surface area contributed by atoms with Crippen LogP contribution in [0.15, 0.2) is 47.4 Å². The molecule has 4 rings (SSSR count). The summed E-state index contributed by atoms with van der Waals surface area (Å²) < 4.78 is 58.9. The second kappa shape index (κ2) is 7.34. The Morgan fingerprint density at radius 3 is 2.48 bits per heavy atom. The molecule has 2 aromatic rings. The minimum atomic E-state index is -3.75. The van der Waals surface area contributed by atoms with Gasteiger partial charge in [-0.25, -0.2) is 16.8 Å². The molecule has 0 aliphatic carbocycles. The zero-order chi connectivity index (χ0) is 20.6. The number of carbonyl (C=O) groups excluding carboxylic acids is 1. The lowest BCUT2D eigenvalue weighted by atomic mass is 10.2. The van der Waals surface area contributed by atoms with Gasteiger partial charge in [-0.05, 0) is 48.4 Å². The van der Waals surface area contributed by atoms with Gasteiger partial charge in [-0.3, -0.25) is 4.79 Å². The van der Waals surface area contributed by atoms with Crippen LogP contribution < -0.4 is 14.8 Å². The van der Waals surface area contributed by atoms with Crippen LogP contribution in [0, 0.1) is 0 Å². The van der Waals surface area contributed by atoms with Crippen LogP contribution in [0.3, 0.4) is 0 Å². The zero-order valence-corrected chi connectivity index (χ0v) is 17.0. The molecule has 0 radical (unpaired) electrons. The van der Waals surface area contributed by atoms with Crippen LogP contribution in [0.2, 0.25) is 0 Å². The van der Waals surface area contributed by atoms with Crippen molar-refractivity contribution in [2.75, 3.05) is 18.3 Å². The highest BCUT2D eigenvalue weighted by atomic mass is 32.2. The van der Waals surface area contributed by atoms with Crippen molar-refractivity contribution >= 4 is 25.6 Å². The highest BCUT2D eigenvalue weighted by molar-refractivity contribution is 7.96. The lowest BCUT2D eigenvalue weighted by molar-refractivity contribution is 0.0950. The molecule has 2 aliphatic rings. The highest BCUT2D eigenvalue weighted by Crippen LogP contribution is 2.32. The van der Waals surface area contributed by atoms with E-state index < -0.39 is 24.9 Å². The lowest BCUT2D eigenvalue weighted by Gasteiger charge is -2.11. The van der Waals surface area contributed by atoms with Gasteiger partial charge in [-0.2, -0.15) is 0 Å². The predicted octanol–water partition coefficient (Wildman–Crippen LogP) is 1.31. The monoisotopic (exact) mass is 437 g/mol. The molecule has 2 aromatic carbocycles. The third-order valence-electron chi connectivity index (χ3n) is 4.96. The first-order valence-electron chi connectivity index (χ1n) is 8.96. The Labute approximate surface area is 168 Å². The van der Waals surface area contributed by atoms with Crippen molar-refractivity contribution in [2.24, 2.45) is 0 Å². The van der Waals surface area contributed by atoms with Gasteiger partial charge in [-0.15, -0.1) is 0 Å². The molecule has 0 aromatic heterocycles. The molecule has 1 saturated heterocycles. The molecule has 0 saturated carbocycles. The van der Waals surface area contributed by atoms with E-state index in [0.29, 0.717) is 17.1 Å². The maximum atomic E-state index is 12.6. The van der Waals surface area contributed by atoms with E-state index in [1.807, 2.05) is 6.07 Å². The summed E-state index contributed by atoms with van der Waals surface area (Å²) in [5.74, 6) is 0.465. The molecular weight excluding hydrogens is 418 g/mol. The molecule has 154 valence electrons. The molecule has 1 amide bonds. The minimum absolute atomic E-state index is 0.0203. The van der Waals surface area contributed by atoms with E-state index in [0.717, 1.165) is 5.56 Å². The number of benzene rings is 2. The van der Waals surface area contributed by atoms with Gasteiger partial charge in [0.15, 0.2) is 31.2 Å². The quantitative estimate of drug-likeness (QED) is 0.750. The number of hydrogen-bond donors (Lipinski definition) is 1. The Morgan fingerprint density at radius 2 is 1.79 bits per heavy atom. The average Bonchev–Trinajstić information content (AvgIpc) is 3.31. The van der Waals surface area contributed by atoms with Crippen LogP contribution in [-0.4, -0.2) is 46.3 Å². The van der Waals surface area contributed by atoms with E-state index in [2.05, 4.69) is 5.32 Å². The summed E-state index contributed by atoms with van der Waals surface area (Å²) in [7, 11) is -7.06. The number of ether oxygens (including phenoxy) is 2. The first-order chi connectivity index (χ1) is 13.7. The molecule has 1 atom stereocenters. The Hall–Kier alpha value is -2.59. The van der Waals surface area contributed by atoms with Crippen molar-refractivity contribution < 1.29 is 31.1 Å². The second-order valence-electron chi connectivity index (χ2n) is 6.96. The number of carbonyl (C=O) groups is 1. The second-order valence-corrected chi connectivity index (χ2v) is 11.4. The molecule has 1 N–H and O–H groups in total. The van der Waals surface area contributed by atoms with E-state index in [4.69, 9.17) is 9.47 Å². The largest absolute Gasteiger partial charge is 0.454 e. The topological polar surface area (TPSA) is 116 Å². The summed E-state index contributed by atoms with van der Waals surface area (Å²) in [4.78, 5) is 12.4. The minimum Gasteiger partial charge on any atom is -0.454 e. The molecule has 10 heteroatoms. The fourth-order valence-electron chi connectivity index (χ4n) is 3.33. The summed E-state index contributed by atoms with van der Waals surface area (Å²) in [6.45, 7) is 0.447. The van der Waals surface area contributed by atoms with Crippen LogP contribution in [0.4, 0.5) is 0 Å². The van der Waals surface area contributed by atoms with Crippen molar-refractivity contribution in [3.05, 3.63) is 53.6 Å². The molecular formula is C19H19NO7S2. The van der Waals surface area contributed by atoms with Crippen molar-refractivity contribution in [3.8, 4) is 11.5 Å². The summed E-state index contributed by atoms with van der Waals surface area (Å²) >= 11 is 0. The fourth-order valence-corrected chi connectivity index (χ4v) is 7.69. The van der Waals surface area contributed by atoms with E-state index >= 15 is 0 Å². The average molecular weight is 437 g/mol. The first-order valence-corrected chi connectivity index (χ1v) is 12.3. The smallest absolute Gasteiger partial charge is 0.251 e. The van der Waals surface area contributed by atoms with E-state index in [1.165, 1.54) is 24.3 Å². The molecule has 2 aliphatic heterocycles. The van der Waals surface area contributed by atoms with Crippen LogP contribution in [-0.2, 0) is 26.2 Å². The number of hydrogen-bond acceptors (Lipinski definition) is 7. The molecule has 0 bridgehead atoms. The van der Waals surface area contributed by atoms with Crippen LogP contribution >= 0.6 is 0 Å².